The quantitative estimate of drug-likeness (QED) is 0.738. The van der Waals surface area contributed by atoms with E-state index in [1.165, 1.54) is 0 Å². The molecule has 0 unspecified atom stereocenters. The van der Waals surface area contributed by atoms with Gasteiger partial charge in [-0.2, -0.15) is 0 Å². The van der Waals surface area contributed by atoms with E-state index in [0.29, 0.717) is 9.85 Å². The first-order chi connectivity index (χ1) is 6.75. The number of hydrogen-bond donors (Lipinski definition) is 0. The first-order valence-corrected chi connectivity index (χ1v) is 5.91. The monoisotopic (exact) mass is 275 g/mol. The number of piperidine rings is 1. The summed E-state index contributed by atoms with van der Waals surface area (Å²) in [5.41, 5.74) is 0. The second-order valence-corrected chi connectivity index (χ2v) is 5.09. The standard InChI is InChI=1S/C9H11BrClN3/c10-7-1-3-14(4-2-7)9-12-5-8(11)6-13-9/h5-7H,1-4H2. The predicted molar refractivity (Wildman–Crippen MR) is 61.2 cm³/mol. The molecule has 0 bridgehead atoms. The highest BCUT2D eigenvalue weighted by atomic mass is 79.9. The smallest absolute Gasteiger partial charge is 0.225 e. The summed E-state index contributed by atoms with van der Waals surface area (Å²) in [6.07, 6.45) is 5.58. The van der Waals surface area contributed by atoms with Crippen LogP contribution in [0.3, 0.4) is 0 Å². The zero-order chi connectivity index (χ0) is 9.97. The summed E-state index contributed by atoms with van der Waals surface area (Å²) in [6, 6.07) is 0. The maximum absolute atomic E-state index is 5.72. The van der Waals surface area contributed by atoms with Gasteiger partial charge >= 0.3 is 0 Å². The lowest BCUT2D eigenvalue weighted by atomic mass is 10.1. The molecule has 0 aliphatic carbocycles. The van der Waals surface area contributed by atoms with E-state index >= 15 is 0 Å². The van der Waals surface area contributed by atoms with Crippen molar-refractivity contribution in [3.63, 3.8) is 0 Å². The third-order valence-corrected chi connectivity index (χ3v) is 3.42. The van der Waals surface area contributed by atoms with Crippen LogP contribution < -0.4 is 4.90 Å². The highest BCUT2D eigenvalue weighted by molar-refractivity contribution is 9.09. The maximum atomic E-state index is 5.72. The van der Waals surface area contributed by atoms with Crippen molar-refractivity contribution in [1.82, 2.24) is 9.97 Å². The fourth-order valence-corrected chi connectivity index (χ4v) is 2.02. The second-order valence-electron chi connectivity index (χ2n) is 3.36. The van der Waals surface area contributed by atoms with Gasteiger partial charge in [0, 0.05) is 17.9 Å². The molecule has 0 aromatic carbocycles. The fourth-order valence-electron chi connectivity index (χ4n) is 1.52. The van der Waals surface area contributed by atoms with Crippen molar-refractivity contribution >= 4 is 33.5 Å². The highest BCUT2D eigenvalue weighted by Crippen LogP contribution is 2.20. The number of anilines is 1. The molecule has 1 saturated heterocycles. The third kappa shape index (κ3) is 2.36. The average molecular weight is 277 g/mol. The van der Waals surface area contributed by atoms with Gasteiger partial charge in [0.1, 0.15) is 0 Å². The normalized spacial score (nSPS) is 18.6. The van der Waals surface area contributed by atoms with E-state index in [0.717, 1.165) is 31.9 Å². The van der Waals surface area contributed by atoms with Gasteiger partial charge < -0.3 is 4.90 Å². The summed E-state index contributed by atoms with van der Waals surface area (Å²) in [4.78, 5) is 11.2. The molecule has 0 N–H and O–H groups in total. The van der Waals surface area contributed by atoms with Gasteiger partial charge in [-0.15, -0.1) is 0 Å². The molecular formula is C9H11BrClN3. The lowest BCUT2D eigenvalue weighted by Crippen LogP contribution is -2.34. The summed E-state index contributed by atoms with van der Waals surface area (Å²) in [5.74, 6) is 0.786. The molecule has 14 heavy (non-hydrogen) atoms. The molecule has 5 heteroatoms. The van der Waals surface area contributed by atoms with Gasteiger partial charge in [-0.1, -0.05) is 27.5 Å². The van der Waals surface area contributed by atoms with E-state index in [1.54, 1.807) is 12.4 Å². The van der Waals surface area contributed by atoms with E-state index in [9.17, 15) is 0 Å². The predicted octanol–water partition coefficient (Wildman–Crippen LogP) is 2.49. The van der Waals surface area contributed by atoms with Gasteiger partial charge in [0.2, 0.25) is 5.95 Å². The van der Waals surface area contributed by atoms with Crippen LogP contribution in [0, 0.1) is 0 Å². The van der Waals surface area contributed by atoms with Crippen molar-refractivity contribution in [3.05, 3.63) is 17.4 Å². The molecule has 0 saturated carbocycles. The molecule has 76 valence electrons. The first kappa shape index (κ1) is 10.2. The van der Waals surface area contributed by atoms with Crippen molar-refractivity contribution in [2.24, 2.45) is 0 Å². The van der Waals surface area contributed by atoms with E-state index in [4.69, 9.17) is 11.6 Å². The van der Waals surface area contributed by atoms with Gasteiger partial charge in [0.25, 0.3) is 0 Å². The van der Waals surface area contributed by atoms with Crippen LogP contribution in [0.15, 0.2) is 12.4 Å². The Labute approximate surface area is 96.6 Å². The Hall–Kier alpha value is -0.350. The number of rotatable bonds is 1. The van der Waals surface area contributed by atoms with Gasteiger partial charge in [-0.3, -0.25) is 0 Å². The minimum absolute atomic E-state index is 0.587. The zero-order valence-electron chi connectivity index (χ0n) is 7.66. The average Bonchev–Trinajstić information content (AvgIpc) is 2.21. The number of aromatic nitrogens is 2. The second kappa shape index (κ2) is 4.45. The summed E-state index contributed by atoms with van der Waals surface area (Å²) in [7, 11) is 0. The number of alkyl halides is 1. The summed E-state index contributed by atoms with van der Waals surface area (Å²) in [6.45, 7) is 2.02. The van der Waals surface area contributed by atoms with Crippen LogP contribution in [0.2, 0.25) is 5.02 Å². The van der Waals surface area contributed by atoms with Gasteiger partial charge in [-0.05, 0) is 12.8 Å². The SMILES string of the molecule is Clc1cnc(N2CCC(Br)CC2)nc1. The van der Waals surface area contributed by atoms with Crippen LogP contribution in [-0.2, 0) is 0 Å². The van der Waals surface area contributed by atoms with Crippen molar-refractivity contribution in [2.75, 3.05) is 18.0 Å². The van der Waals surface area contributed by atoms with Crippen molar-refractivity contribution in [2.45, 2.75) is 17.7 Å². The van der Waals surface area contributed by atoms with E-state index in [-0.39, 0.29) is 0 Å². The van der Waals surface area contributed by atoms with E-state index < -0.39 is 0 Å². The topological polar surface area (TPSA) is 29.0 Å². The lowest BCUT2D eigenvalue weighted by Gasteiger charge is -2.29. The Morgan fingerprint density at radius 2 is 1.86 bits per heavy atom. The Morgan fingerprint density at radius 3 is 2.43 bits per heavy atom. The highest BCUT2D eigenvalue weighted by Gasteiger charge is 2.18. The minimum Gasteiger partial charge on any atom is -0.341 e. The fraction of sp³-hybridized carbons (Fsp3) is 0.556. The zero-order valence-corrected chi connectivity index (χ0v) is 10.00. The Kier molecular flexibility index (Phi) is 3.23. The van der Waals surface area contributed by atoms with Crippen LogP contribution in [0.1, 0.15) is 12.8 Å². The molecular weight excluding hydrogens is 265 g/mol. The molecule has 1 fully saturated rings. The summed E-state index contributed by atoms with van der Waals surface area (Å²) in [5, 5.41) is 0.587. The number of halogens is 2. The van der Waals surface area contributed by atoms with Crippen LogP contribution >= 0.6 is 27.5 Å². The molecule has 1 aliphatic heterocycles. The minimum atomic E-state index is 0.587. The first-order valence-electron chi connectivity index (χ1n) is 4.62. The van der Waals surface area contributed by atoms with E-state index in [2.05, 4.69) is 30.8 Å². The van der Waals surface area contributed by atoms with Gasteiger partial charge in [0.05, 0.1) is 17.4 Å². The number of hydrogen-bond acceptors (Lipinski definition) is 3. The van der Waals surface area contributed by atoms with Crippen LogP contribution in [-0.4, -0.2) is 27.9 Å². The lowest BCUT2D eigenvalue weighted by molar-refractivity contribution is 0.586. The molecule has 0 spiro atoms. The van der Waals surface area contributed by atoms with Gasteiger partial charge in [0.15, 0.2) is 0 Å². The Balaban J connectivity index is 2.05. The third-order valence-electron chi connectivity index (χ3n) is 2.31. The van der Waals surface area contributed by atoms with E-state index in [1.807, 2.05) is 0 Å². The Morgan fingerprint density at radius 1 is 1.29 bits per heavy atom. The molecule has 1 aromatic rings. The van der Waals surface area contributed by atoms with Crippen LogP contribution in [0.4, 0.5) is 5.95 Å². The Bertz CT molecular complexity index is 295. The molecule has 3 nitrogen and oxygen atoms in total. The molecule has 0 amide bonds. The molecule has 0 atom stereocenters. The largest absolute Gasteiger partial charge is 0.341 e. The van der Waals surface area contributed by atoms with Crippen LogP contribution in [0.25, 0.3) is 0 Å². The molecule has 1 aliphatic rings. The molecule has 2 heterocycles. The molecule has 1 aromatic heterocycles. The number of nitrogens with zero attached hydrogens (tertiary/aromatic N) is 3. The summed E-state index contributed by atoms with van der Waals surface area (Å²) >= 11 is 9.33. The molecule has 0 radical (unpaired) electrons. The van der Waals surface area contributed by atoms with Crippen molar-refractivity contribution in [3.8, 4) is 0 Å². The maximum Gasteiger partial charge on any atom is 0.225 e. The van der Waals surface area contributed by atoms with Crippen molar-refractivity contribution < 1.29 is 0 Å². The molecule has 2 rings (SSSR count). The van der Waals surface area contributed by atoms with Crippen molar-refractivity contribution in [1.29, 1.82) is 0 Å². The van der Waals surface area contributed by atoms with Crippen LogP contribution in [0.5, 0.6) is 0 Å². The summed E-state index contributed by atoms with van der Waals surface area (Å²) < 4.78 is 0. The van der Waals surface area contributed by atoms with Gasteiger partial charge in [-0.25, -0.2) is 9.97 Å².